The maximum absolute atomic E-state index is 11.0. The summed E-state index contributed by atoms with van der Waals surface area (Å²) in [7, 11) is 0. The number of carbonyl (C=O) groups is 1. The van der Waals surface area contributed by atoms with Crippen LogP contribution in [0.15, 0.2) is 36.4 Å². The first kappa shape index (κ1) is 12.3. The Hall–Kier alpha value is -1.74. The van der Waals surface area contributed by atoms with Gasteiger partial charge in [0.1, 0.15) is 0 Å². The van der Waals surface area contributed by atoms with E-state index in [1.54, 1.807) is 12.1 Å². The quantitative estimate of drug-likeness (QED) is 0.367. The number of hydrogen-bond acceptors (Lipinski definition) is 3. The van der Waals surface area contributed by atoms with Gasteiger partial charge in [-0.1, -0.05) is 12.1 Å². The Labute approximate surface area is 98.3 Å². The van der Waals surface area contributed by atoms with Gasteiger partial charge in [0.25, 0.3) is 0 Å². The summed E-state index contributed by atoms with van der Waals surface area (Å²) in [6, 6.07) is 4.25. The smallest absolute Gasteiger partial charge is 0.248 e. The summed E-state index contributed by atoms with van der Waals surface area (Å²) < 4.78 is 0. The van der Waals surface area contributed by atoms with Gasteiger partial charge in [-0.15, -0.1) is 6.58 Å². The van der Waals surface area contributed by atoms with E-state index in [2.05, 4.69) is 6.58 Å². The molecule has 4 heteroatoms. The number of carbonyl (C=O) groups excluding carboxylic acids is 1. The second-order valence-electron chi connectivity index (χ2n) is 3.18. The highest BCUT2D eigenvalue weighted by molar-refractivity contribution is 6.68. The lowest BCUT2D eigenvalue weighted by atomic mass is 10.1. The Morgan fingerprint density at radius 1 is 1.38 bits per heavy atom. The minimum atomic E-state index is -0.563. The third kappa shape index (κ3) is 3.14. The van der Waals surface area contributed by atoms with Gasteiger partial charge in [0, 0.05) is 5.57 Å². The van der Waals surface area contributed by atoms with Crippen LogP contribution in [0.1, 0.15) is 12.0 Å². The van der Waals surface area contributed by atoms with Gasteiger partial charge in [-0.2, -0.15) is 0 Å². The molecule has 1 aromatic carbocycles. The van der Waals surface area contributed by atoms with Crippen LogP contribution >= 0.6 is 11.6 Å². The van der Waals surface area contributed by atoms with Crippen LogP contribution in [0.2, 0.25) is 0 Å². The van der Waals surface area contributed by atoms with E-state index in [9.17, 15) is 9.90 Å². The molecule has 1 aromatic rings. The van der Waals surface area contributed by atoms with Gasteiger partial charge in [0.2, 0.25) is 5.24 Å². The summed E-state index contributed by atoms with van der Waals surface area (Å²) in [5, 5.41) is 17.8. The highest BCUT2D eigenvalue weighted by Gasteiger charge is 2.05. The molecule has 0 unspecified atom stereocenters. The average molecular weight is 239 g/mol. The molecule has 0 aromatic heterocycles. The lowest BCUT2D eigenvalue weighted by molar-refractivity contribution is -0.108. The van der Waals surface area contributed by atoms with Crippen molar-refractivity contribution in [3.8, 4) is 11.5 Å². The summed E-state index contributed by atoms with van der Waals surface area (Å²) in [6.07, 6.45) is 3.45. The van der Waals surface area contributed by atoms with E-state index in [1.807, 2.05) is 0 Å². The zero-order valence-corrected chi connectivity index (χ0v) is 9.24. The Kier molecular flexibility index (Phi) is 4.14. The molecule has 0 aliphatic heterocycles. The van der Waals surface area contributed by atoms with Gasteiger partial charge in [0.15, 0.2) is 11.5 Å². The van der Waals surface area contributed by atoms with Gasteiger partial charge in [-0.25, -0.2) is 0 Å². The number of phenolic OH excluding ortho intramolecular Hbond substituents is 2. The first-order valence-electron chi connectivity index (χ1n) is 4.58. The van der Waals surface area contributed by atoms with Crippen LogP contribution in [0.3, 0.4) is 0 Å². The molecule has 0 spiro atoms. The van der Waals surface area contributed by atoms with Crippen molar-refractivity contribution in [2.24, 2.45) is 0 Å². The maximum Gasteiger partial charge on any atom is 0.248 e. The molecule has 0 atom stereocenters. The number of rotatable bonds is 4. The number of allylic oxidation sites excluding steroid dienone is 2. The zero-order chi connectivity index (χ0) is 12.1. The Bertz CT molecular complexity index is 450. The fourth-order valence-corrected chi connectivity index (χ4v) is 1.31. The van der Waals surface area contributed by atoms with E-state index in [-0.39, 0.29) is 11.5 Å². The van der Waals surface area contributed by atoms with Crippen molar-refractivity contribution in [1.82, 2.24) is 0 Å². The molecule has 0 saturated heterocycles. The predicted molar refractivity (Wildman–Crippen MR) is 63.4 cm³/mol. The van der Waals surface area contributed by atoms with Gasteiger partial charge in [0.05, 0.1) is 0 Å². The Balaban J connectivity index is 3.07. The minimum absolute atomic E-state index is 0.209. The van der Waals surface area contributed by atoms with Crippen LogP contribution in [-0.2, 0) is 4.79 Å². The Morgan fingerprint density at radius 2 is 2.06 bits per heavy atom. The van der Waals surface area contributed by atoms with Gasteiger partial charge >= 0.3 is 0 Å². The normalized spacial score (nSPS) is 11.2. The molecule has 3 nitrogen and oxygen atoms in total. The molecular formula is C12H11ClO3. The van der Waals surface area contributed by atoms with Crippen molar-refractivity contribution in [3.05, 3.63) is 42.0 Å². The van der Waals surface area contributed by atoms with Crippen molar-refractivity contribution in [2.75, 3.05) is 0 Å². The van der Waals surface area contributed by atoms with E-state index in [0.717, 1.165) is 0 Å². The topological polar surface area (TPSA) is 57.5 Å². The van der Waals surface area contributed by atoms with E-state index in [4.69, 9.17) is 16.7 Å². The second-order valence-corrected chi connectivity index (χ2v) is 3.53. The highest BCUT2D eigenvalue weighted by Crippen LogP contribution is 2.26. The molecule has 0 aliphatic carbocycles. The molecule has 2 N–H and O–H groups in total. The first-order chi connectivity index (χ1) is 7.54. The molecule has 1 rings (SSSR count). The SMILES string of the molecule is C=CCC(=Cc1ccc(O)c(O)c1)C(=O)Cl. The lowest BCUT2D eigenvalue weighted by Crippen LogP contribution is -1.91. The summed E-state index contributed by atoms with van der Waals surface area (Å²) in [5.41, 5.74) is 0.961. The van der Waals surface area contributed by atoms with Gasteiger partial charge in [-0.3, -0.25) is 4.79 Å². The maximum atomic E-state index is 11.0. The van der Waals surface area contributed by atoms with E-state index in [1.165, 1.54) is 18.2 Å². The molecule has 0 bridgehead atoms. The summed E-state index contributed by atoms with van der Waals surface area (Å²) in [5.74, 6) is -0.451. The third-order valence-corrected chi connectivity index (χ3v) is 2.20. The number of halogens is 1. The summed E-state index contributed by atoms with van der Waals surface area (Å²) >= 11 is 5.38. The van der Waals surface area contributed by atoms with E-state index in [0.29, 0.717) is 17.6 Å². The fraction of sp³-hybridized carbons (Fsp3) is 0.0833. The molecule has 0 fully saturated rings. The lowest BCUT2D eigenvalue weighted by Gasteiger charge is -2.01. The summed E-state index contributed by atoms with van der Waals surface area (Å²) in [4.78, 5) is 11.0. The summed E-state index contributed by atoms with van der Waals surface area (Å²) in [6.45, 7) is 3.52. The molecule has 84 valence electrons. The largest absolute Gasteiger partial charge is 0.504 e. The van der Waals surface area contributed by atoms with Crippen LogP contribution in [0.5, 0.6) is 11.5 Å². The molecule has 0 heterocycles. The van der Waals surface area contributed by atoms with E-state index < -0.39 is 5.24 Å². The van der Waals surface area contributed by atoms with Gasteiger partial charge in [-0.05, 0) is 41.8 Å². The van der Waals surface area contributed by atoms with Crippen LogP contribution in [-0.4, -0.2) is 15.5 Å². The molecule has 0 aliphatic rings. The van der Waals surface area contributed by atoms with E-state index >= 15 is 0 Å². The second kappa shape index (κ2) is 5.37. The number of aromatic hydroxyl groups is 2. The minimum Gasteiger partial charge on any atom is -0.504 e. The molecular weight excluding hydrogens is 228 g/mol. The molecule has 0 radical (unpaired) electrons. The van der Waals surface area contributed by atoms with Crippen molar-refractivity contribution in [1.29, 1.82) is 0 Å². The number of benzene rings is 1. The van der Waals surface area contributed by atoms with Crippen LogP contribution in [0.25, 0.3) is 6.08 Å². The average Bonchev–Trinajstić information content (AvgIpc) is 2.22. The van der Waals surface area contributed by atoms with Crippen molar-refractivity contribution in [3.63, 3.8) is 0 Å². The fourth-order valence-electron chi connectivity index (χ4n) is 1.18. The van der Waals surface area contributed by atoms with Crippen molar-refractivity contribution >= 4 is 22.9 Å². The van der Waals surface area contributed by atoms with Gasteiger partial charge < -0.3 is 10.2 Å². The van der Waals surface area contributed by atoms with Crippen LogP contribution in [0.4, 0.5) is 0 Å². The number of hydrogen-bond donors (Lipinski definition) is 2. The molecule has 0 saturated carbocycles. The molecule has 0 amide bonds. The zero-order valence-electron chi connectivity index (χ0n) is 8.48. The van der Waals surface area contributed by atoms with Crippen molar-refractivity contribution < 1.29 is 15.0 Å². The van der Waals surface area contributed by atoms with Crippen LogP contribution in [0, 0.1) is 0 Å². The van der Waals surface area contributed by atoms with Crippen molar-refractivity contribution in [2.45, 2.75) is 6.42 Å². The van der Waals surface area contributed by atoms with Crippen LogP contribution < -0.4 is 0 Å². The number of phenols is 2. The third-order valence-electron chi connectivity index (χ3n) is 1.96. The standard InChI is InChI=1S/C12H11ClO3/c1-2-3-9(12(13)16)6-8-4-5-10(14)11(15)7-8/h2,4-7,14-15H,1,3H2. The monoisotopic (exact) mass is 238 g/mol. The first-order valence-corrected chi connectivity index (χ1v) is 4.95. The predicted octanol–water partition coefficient (Wildman–Crippen LogP) is 2.82. The highest BCUT2D eigenvalue weighted by atomic mass is 35.5. The Morgan fingerprint density at radius 3 is 2.56 bits per heavy atom. The molecule has 16 heavy (non-hydrogen) atoms.